The van der Waals surface area contributed by atoms with E-state index in [1.807, 2.05) is 13.8 Å². The van der Waals surface area contributed by atoms with Gasteiger partial charge in [0.05, 0.1) is 11.7 Å². The normalized spacial score (nSPS) is 25.3. The van der Waals surface area contributed by atoms with E-state index in [-0.39, 0.29) is 6.10 Å². The fourth-order valence-electron chi connectivity index (χ4n) is 2.06. The number of likely N-dealkylation sites (tertiary alicyclic amines) is 1. The summed E-state index contributed by atoms with van der Waals surface area (Å²) < 4.78 is 0. The van der Waals surface area contributed by atoms with Crippen LogP contribution in [-0.2, 0) is 0 Å². The van der Waals surface area contributed by atoms with E-state index >= 15 is 0 Å². The molecule has 1 aliphatic rings. The first-order valence-electron chi connectivity index (χ1n) is 5.72. The standard InChI is InChI=1S/C11H23NO2/c1-3-11(14,4-2)9-12-7-5-6-10(13)8-12/h10,13-14H,3-9H2,1-2H3/t10-/m0/s1. The largest absolute Gasteiger partial charge is 0.392 e. The summed E-state index contributed by atoms with van der Waals surface area (Å²) >= 11 is 0. The quantitative estimate of drug-likeness (QED) is 0.713. The molecule has 1 fully saturated rings. The van der Waals surface area contributed by atoms with E-state index in [1.54, 1.807) is 0 Å². The number of hydrogen-bond acceptors (Lipinski definition) is 3. The Morgan fingerprint density at radius 1 is 1.36 bits per heavy atom. The van der Waals surface area contributed by atoms with Gasteiger partial charge in [0, 0.05) is 13.1 Å². The lowest BCUT2D eigenvalue weighted by molar-refractivity contribution is -0.0255. The highest BCUT2D eigenvalue weighted by molar-refractivity contribution is 4.82. The van der Waals surface area contributed by atoms with Crippen molar-refractivity contribution in [2.24, 2.45) is 0 Å². The van der Waals surface area contributed by atoms with E-state index in [4.69, 9.17) is 0 Å². The highest BCUT2D eigenvalue weighted by atomic mass is 16.3. The summed E-state index contributed by atoms with van der Waals surface area (Å²) in [6.45, 7) is 6.48. The third kappa shape index (κ3) is 3.23. The molecule has 0 aromatic rings. The summed E-state index contributed by atoms with van der Waals surface area (Å²) in [5.41, 5.74) is -0.558. The number of aliphatic hydroxyl groups excluding tert-OH is 1. The molecule has 3 nitrogen and oxygen atoms in total. The Morgan fingerprint density at radius 3 is 2.50 bits per heavy atom. The molecule has 2 N–H and O–H groups in total. The third-order valence-corrected chi connectivity index (χ3v) is 3.31. The Balaban J connectivity index is 2.41. The minimum Gasteiger partial charge on any atom is -0.392 e. The van der Waals surface area contributed by atoms with Gasteiger partial charge in [-0.05, 0) is 32.2 Å². The summed E-state index contributed by atoms with van der Waals surface area (Å²) in [7, 11) is 0. The van der Waals surface area contributed by atoms with Crippen LogP contribution in [0.3, 0.4) is 0 Å². The molecule has 0 aliphatic carbocycles. The third-order valence-electron chi connectivity index (χ3n) is 3.31. The van der Waals surface area contributed by atoms with Crippen LogP contribution in [0.15, 0.2) is 0 Å². The lowest BCUT2D eigenvalue weighted by Gasteiger charge is -2.36. The van der Waals surface area contributed by atoms with Crippen molar-refractivity contribution in [3.63, 3.8) is 0 Å². The second-order valence-electron chi connectivity index (χ2n) is 4.46. The second-order valence-corrected chi connectivity index (χ2v) is 4.46. The number of hydrogen-bond donors (Lipinski definition) is 2. The Kier molecular flexibility index (Phi) is 4.35. The highest BCUT2D eigenvalue weighted by Crippen LogP contribution is 2.19. The molecule has 1 saturated heterocycles. The maximum atomic E-state index is 10.1. The molecule has 1 heterocycles. The monoisotopic (exact) mass is 201 g/mol. The topological polar surface area (TPSA) is 43.7 Å². The lowest BCUT2D eigenvalue weighted by Crippen LogP contribution is -2.47. The van der Waals surface area contributed by atoms with Gasteiger partial charge in [-0.3, -0.25) is 4.90 Å². The van der Waals surface area contributed by atoms with Crippen LogP contribution in [0.2, 0.25) is 0 Å². The Hall–Kier alpha value is -0.120. The van der Waals surface area contributed by atoms with E-state index < -0.39 is 5.60 Å². The molecule has 1 rings (SSSR count). The summed E-state index contributed by atoms with van der Waals surface area (Å²) in [4.78, 5) is 2.18. The van der Waals surface area contributed by atoms with E-state index in [0.29, 0.717) is 6.54 Å². The number of piperidine rings is 1. The van der Waals surface area contributed by atoms with Crippen molar-refractivity contribution < 1.29 is 10.2 Å². The molecular weight excluding hydrogens is 178 g/mol. The van der Waals surface area contributed by atoms with Crippen molar-refractivity contribution in [2.45, 2.75) is 51.2 Å². The van der Waals surface area contributed by atoms with Gasteiger partial charge < -0.3 is 10.2 Å². The average molecular weight is 201 g/mol. The van der Waals surface area contributed by atoms with Crippen LogP contribution in [0.1, 0.15) is 39.5 Å². The predicted molar refractivity (Wildman–Crippen MR) is 57.2 cm³/mol. The molecule has 0 saturated carbocycles. The lowest BCUT2D eigenvalue weighted by atomic mass is 9.95. The predicted octanol–water partition coefficient (Wildman–Crippen LogP) is 0.994. The van der Waals surface area contributed by atoms with E-state index in [1.165, 1.54) is 0 Å². The zero-order valence-corrected chi connectivity index (χ0v) is 9.37. The van der Waals surface area contributed by atoms with Crippen LogP contribution < -0.4 is 0 Å². The minimum atomic E-state index is -0.558. The van der Waals surface area contributed by atoms with Crippen molar-refractivity contribution in [3.8, 4) is 0 Å². The molecule has 0 unspecified atom stereocenters. The first kappa shape index (κ1) is 12.0. The van der Waals surface area contributed by atoms with Gasteiger partial charge in [-0.1, -0.05) is 13.8 Å². The zero-order valence-electron chi connectivity index (χ0n) is 9.37. The number of β-amino-alcohol motifs (C(OH)–C–C–N with tert-alkyl or cyclic N) is 2. The molecule has 0 radical (unpaired) electrons. The summed E-state index contributed by atoms with van der Waals surface area (Å²) in [5.74, 6) is 0. The van der Waals surface area contributed by atoms with Gasteiger partial charge in [-0.25, -0.2) is 0 Å². The summed E-state index contributed by atoms with van der Waals surface area (Å²) in [6, 6.07) is 0. The van der Waals surface area contributed by atoms with Crippen molar-refractivity contribution in [1.82, 2.24) is 4.90 Å². The second kappa shape index (κ2) is 5.10. The van der Waals surface area contributed by atoms with Crippen molar-refractivity contribution in [3.05, 3.63) is 0 Å². The van der Waals surface area contributed by atoms with Crippen molar-refractivity contribution in [2.75, 3.05) is 19.6 Å². The van der Waals surface area contributed by atoms with Gasteiger partial charge in [0.15, 0.2) is 0 Å². The van der Waals surface area contributed by atoms with Crippen LogP contribution in [0.25, 0.3) is 0 Å². The summed E-state index contributed by atoms with van der Waals surface area (Å²) in [5, 5.41) is 19.6. The highest BCUT2D eigenvalue weighted by Gasteiger charge is 2.28. The van der Waals surface area contributed by atoms with E-state index in [0.717, 1.165) is 38.8 Å². The molecule has 0 aromatic heterocycles. The first-order valence-corrected chi connectivity index (χ1v) is 5.72. The maximum Gasteiger partial charge on any atom is 0.0768 e. The van der Waals surface area contributed by atoms with Crippen LogP contribution >= 0.6 is 0 Å². The molecule has 3 heteroatoms. The molecule has 1 atom stereocenters. The van der Waals surface area contributed by atoms with Crippen molar-refractivity contribution in [1.29, 1.82) is 0 Å². The average Bonchev–Trinajstić information content (AvgIpc) is 2.18. The molecule has 0 amide bonds. The fourth-order valence-corrected chi connectivity index (χ4v) is 2.06. The molecule has 1 aliphatic heterocycles. The Morgan fingerprint density at radius 2 is 2.00 bits per heavy atom. The molecular formula is C11H23NO2. The van der Waals surface area contributed by atoms with Crippen LogP contribution in [-0.4, -0.2) is 46.5 Å². The maximum absolute atomic E-state index is 10.1. The van der Waals surface area contributed by atoms with Gasteiger partial charge in [-0.2, -0.15) is 0 Å². The molecule has 0 bridgehead atoms. The van der Waals surface area contributed by atoms with Crippen LogP contribution in [0.5, 0.6) is 0 Å². The van der Waals surface area contributed by atoms with Gasteiger partial charge in [-0.15, -0.1) is 0 Å². The van der Waals surface area contributed by atoms with E-state index in [9.17, 15) is 10.2 Å². The number of nitrogens with zero attached hydrogens (tertiary/aromatic N) is 1. The first-order chi connectivity index (χ1) is 6.59. The van der Waals surface area contributed by atoms with Crippen LogP contribution in [0, 0.1) is 0 Å². The SMILES string of the molecule is CCC(O)(CC)CN1CCC[C@H](O)C1. The van der Waals surface area contributed by atoms with Gasteiger partial charge in [0.2, 0.25) is 0 Å². The van der Waals surface area contributed by atoms with Crippen LogP contribution in [0.4, 0.5) is 0 Å². The molecule has 0 spiro atoms. The zero-order chi connectivity index (χ0) is 10.6. The van der Waals surface area contributed by atoms with Gasteiger partial charge in [0.1, 0.15) is 0 Å². The molecule has 0 aromatic carbocycles. The Bertz CT molecular complexity index is 169. The minimum absolute atomic E-state index is 0.193. The fraction of sp³-hybridized carbons (Fsp3) is 1.00. The smallest absolute Gasteiger partial charge is 0.0768 e. The number of aliphatic hydroxyl groups is 2. The number of rotatable bonds is 4. The Labute approximate surface area is 86.7 Å². The van der Waals surface area contributed by atoms with Gasteiger partial charge >= 0.3 is 0 Å². The van der Waals surface area contributed by atoms with Gasteiger partial charge in [0.25, 0.3) is 0 Å². The molecule has 84 valence electrons. The molecule has 14 heavy (non-hydrogen) atoms. The van der Waals surface area contributed by atoms with E-state index in [2.05, 4.69) is 4.90 Å². The summed E-state index contributed by atoms with van der Waals surface area (Å²) in [6.07, 6.45) is 3.34. The van der Waals surface area contributed by atoms with Crippen molar-refractivity contribution >= 4 is 0 Å².